The van der Waals surface area contributed by atoms with Gasteiger partial charge in [0, 0.05) is 12.7 Å². The molecule has 0 amide bonds. The molecule has 13 heavy (non-hydrogen) atoms. The van der Waals surface area contributed by atoms with Crippen LogP contribution in [0.15, 0.2) is 24.3 Å². The summed E-state index contributed by atoms with van der Waals surface area (Å²) in [5, 5.41) is 8.45. The monoisotopic (exact) mass is 184 g/mol. The van der Waals surface area contributed by atoms with E-state index in [4.69, 9.17) is 5.11 Å². The molecule has 0 saturated heterocycles. The number of hydrogen-bond acceptors (Lipinski definition) is 3. The Morgan fingerprint density at radius 3 is 2.85 bits per heavy atom. The minimum atomic E-state index is -0.325. The Hall–Kier alpha value is -1.09. The Balaban J connectivity index is 3.49. The third-order valence-corrected chi connectivity index (χ3v) is 1.30. The lowest BCUT2D eigenvalue weighted by atomic mass is 10.3. The van der Waals surface area contributed by atoms with Gasteiger partial charge in [0.05, 0.1) is 6.61 Å². The van der Waals surface area contributed by atoms with Crippen LogP contribution in [0.1, 0.15) is 19.8 Å². The second-order valence-electron chi connectivity index (χ2n) is 2.41. The first kappa shape index (κ1) is 11.9. The van der Waals surface area contributed by atoms with Gasteiger partial charge in [-0.1, -0.05) is 18.2 Å². The van der Waals surface area contributed by atoms with Gasteiger partial charge in [-0.05, 0) is 19.8 Å². The van der Waals surface area contributed by atoms with Crippen molar-refractivity contribution in [2.75, 3.05) is 13.2 Å². The van der Waals surface area contributed by atoms with E-state index in [0.29, 0.717) is 6.61 Å². The van der Waals surface area contributed by atoms with Crippen molar-refractivity contribution in [3.8, 4) is 0 Å². The summed E-state index contributed by atoms with van der Waals surface area (Å²) in [6.07, 6.45) is 8.25. The van der Waals surface area contributed by atoms with E-state index < -0.39 is 0 Å². The van der Waals surface area contributed by atoms with Crippen LogP contribution in [0.25, 0.3) is 0 Å². The van der Waals surface area contributed by atoms with E-state index in [1.54, 1.807) is 19.1 Å². The summed E-state index contributed by atoms with van der Waals surface area (Å²) in [4.78, 5) is 10.7. The van der Waals surface area contributed by atoms with Crippen molar-refractivity contribution >= 4 is 5.97 Å². The second kappa shape index (κ2) is 9.00. The van der Waals surface area contributed by atoms with Gasteiger partial charge in [-0.2, -0.15) is 0 Å². The first-order valence-electron chi connectivity index (χ1n) is 4.42. The summed E-state index contributed by atoms with van der Waals surface area (Å²) in [5.41, 5.74) is 0. The molecular weight excluding hydrogens is 168 g/mol. The fourth-order valence-electron chi connectivity index (χ4n) is 0.708. The van der Waals surface area contributed by atoms with Gasteiger partial charge >= 0.3 is 5.97 Å². The van der Waals surface area contributed by atoms with Gasteiger partial charge < -0.3 is 9.84 Å². The predicted octanol–water partition coefficient (Wildman–Crippen LogP) is 1.43. The third-order valence-electron chi connectivity index (χ3n) is 1.30. The van der Waals surface area contributed by atoms with Crippen molar-refractivity contribution in [2.45, 2.75) is 19.8 Å². The lowest BCUT2D eigenvalue weighted by molar-refractivity contribution is -0.137. The largest absolute Gasteiger partial charge is 0.463 e. The zero-order chi connectivity index (χ0) is 9.94. The van der Waals surface area contributed by atoms with Gasteiger partial charge in [0.15, 0.2) is 0 Å². The van der Waals surface area contributed by atoms with Gasteiger partial charge in [-0.15, -0.1) is 0 Å². The van der Waals surface area contributed by atoms with Gasteiger partial charge in [0.2, 0.25) is 0 Å². The van der Waals surface area contributed by atoms with Gasteiger partial charge in [-0.3, -0.25) is 0 Å². The lowest BCUT2D eigenvalue weighted by Crippen LogP contribution is -1.98. The highest BCUT2D eigenvalue weighted by atomic mass is 16.5. The van der Waals surface area contributed by atoms with Crippen LogP contribution in [0.2, 0.25) is 0 Å². The molecule has 0 radical (unpaired) electrons. The fraction of sp³-hybridized carbons (Fsp3) is 0.500. The molecule has 0 heterocycles. The molecule has 0 bridgehead atoms. The highest BCUT2D eigenvalue weighted by Crippen LogP contribution is 1.90. The maximum atomic E-state index is 10.7. The number of carbonyl (C=O) groups excluding carboxylic acids is 1. The molecule has 0 atom stereocenters. The Bertz CT molecular complexity index is 183. The Labute approximate surface area is 78.7 Å². The molecule has 0 spiro atoms. The van der Waals surface area contributed by atoms with Crippen molar-refractivity contribution in [1.82, 2.24) is 0 Å². The molecular formula is C10H16O3. The van der Waals surface area contributed by atoms with Gasteiger partial charge in [0.1, 0.15) is 0 Å². The maximum absolute atomic E-state index is 10.7. The minimum Gasteiger partial charge on any atom is -0.463 e. The number of ether oxygens (including phenoxy) is 1. The summed E-state index contributed by atoms with van der Waals surface area (Å²) >= 11 is 0. The summed E-state index contributed by atoms with van der Waals surface area (Å²) in [5.74, 6) is -0.325. The van der Waals surface area contributed by atoms with Gasteiger partial charge in [-0.25, -0.2) is 4.79 Å². The van der Waals surface area contributed by atoms with E-state index in [2.05, 4.69) is 4.74 Å². The summed E-state index contributed by atoms with van der Waals surface area (Å²) in [7, 11) is 0. The molecule has 3 nitrogen and oxygen atoms in total. The molecule has 0 saturated carbocycles. The lowest BCUT2D eigenvalue weighted by Gasteiger charge is -1.92. The van der Waals surface area contributed by atoms with Crippen LogP contribution in [-0.2, 0) is 9.53 Å². The quantitative estimate of drug-likeness (QED) is 0.294. The molecule has 1 N–H and O–H groups in total. The fourth-order valence-corrected chi connectivity index (χ4v) is 0.708. The van der Waals surface area contributed by atoms with Crippen LogP contribution in [0.3, 0.4) is 0 Å². The highest BCUT2D eigenvalue weighted by molar-refractivity contribution is 5.82. The summed E-state index contributed by atoms with van der Waals surface area (Å²) < 4.78 is 4.67. The average Bonchev–Trinajstić information content (AvgIpc) is 2.11. The van der Waals surface area contributed by atoms with Crippen LogP contribution >= 0.6 is 0 Å². The Kier molecular flexibility index (Phi) is 8.25. The van der Waals surface area contributed by atoms with E-state index >= 15 is 0 Å². The van der Waals surface area contributed by atoms with Crippen molar-refractivity contribution in [1.29, 1.82) is 0 Å². The SMILES string of the molecule is CCOC(=O)C=CC=CCCCO. The van der Waals surface area contributed by atoms with Crippen LogP contribution in [0, 0.1) is 0 Å². The molecule has 74 valence electrons. The van der Waals surface area contributed by atoms with E-state index in [0.717, 1.165) is 12.8 Å². The highest BCUT2D eigenvalue weighted by Gasteiger charge is 1.89. The van der Waals surface area contributed by atoms with Crippen molar-refractivity contribution in [3.63, 3.8) is 0 Å². The molecule has 0 aliphatic rings. The zero-order valence-electron chi connectivity index (χ0n) is 7.90. The molecule has 3 heteroatoms. The molecule has 0 fully saturated rings. The average molecular weight is 184 g/mol. The number of allylic oxidation sites excluding steroid dienone is 3. The number of unbranched alkanes of at least 4 members (excludes halogenated alkanes) is 1. The summed E-state index contributed by atoms with van der Waals surface area (Å²) in [6, 6.07) is 0. The first-order valence-corrected chi connectivity index (χ1v) is 4.42. The smallest absolute Gasteiger partial charge is 0.330 e. The normalized spacial score (nSPS) is 11.2. The standard InChI is InChI=1S/C10H16O3/c1-2-13-10(12)8-6-4-3-5-7-9-11/h3-4,6,8,11H,2,5,7,9H2,1H3. The second-order valence-corrected chi connectivity index (χ2v) is 2.41. The van der Waals surface area contributed by atoms with E-state index in [-0.39, 0.29) is 12.6 Å². The molecule has 0 unspecified atom stereocenters. The Morgan fingerprint density at radius 1 is 1.46 bits per heavy atom. The van der Waals surface area contributed by atoms with E-state index in [9.17, 15) is 4.79 Å². The number of aliphatic hydroxyl groups is 1. The zero-order valence-corrected chi connectivity index (χ0v) is 7.90. The van der Waals surface area contributed by atoms with Crippen molar-refractivity contribution < 1.29 is 14.6 Å². The molecule has 0 aliphatic carbocycles. The van der Waals surface area contributed by atoms with Crippen LogP contribution < -0.4 is 0 Å². The van der Waals surface area contributed by atoms with Crippen molar-refractivity contribution in [2.24, 2.45) is 0 Å². The van der Waals surface area contributed by atoms with Crippen molar-refractivity contribution in [3.05, 3.63) is 24.3 Å². The Morgan fingerprint density at radius 2 is 2.23 bits per heavy atom. The van der Waals surface area contributed by atoms with E-state index in [1.807, 2.05) is 6.08 Å². The number of rotatable bonds is 6. The van der Waals surface area contributed by atoms with E-state index in [1.165, 1.54) is 6.08 Å². The van der Waals surface area contributed by atoms with Crippen LogP contribution in [0.5, 0.6) is 0 Å². The van der Waals surface area contributed by atoms with Gasteiger partial charge in [0.25, 0.3) is 0 Å². The predicted molar refractivity (Wildman–Crippen MR) is 51.2 cm³/mol. The molecule has 0 aromatic heterocycles. The summed E-state index contributed by atoms with van der Waals surface area (Å²) in [6.45, 7) is 2.37. The number of esters is 1. The minimum absolute atomic E-state index is 0.200. The first-order chi connectivity index (χ1) is 6.31. The number of carbonyl (C=O) groups is 1. The molecule has 0 aromatic carbocycles. The molecule has 0 rings (SSSR count). The molecule has 0 aliphatic heterocycles. The number of aliphatic hydroxyl groups excluding tert-OH is 1. The molecule has 0 aromatic rings. The maximum Gasteiger partial charge on any atom is 0.330 e. The number of hydrogen-bond donors (Lipinski definition) is 1. The third kappa shape index (κ3) is 8.82. The topological polar surface area (TPSA) is 46.5 Å². The van der Waals surface area contributed by atoms with Crippen LogP contribution in [-0.4, -0.2) is 24.3 Å². The van der Waals surface area contributed by atoms with Crippen LogP contribution in [0.4, 0.5) is 0 Å².